The van der Waals surface area contributed by atoms with Crippen LogP contribution in [-0.2, 0) is 9.53 Å². The van der Waals surface area contributed by atoms with Gasteiger partial charge in [-0.3, -0.25) is 4.90 Å². The Hall–Kier alpha value is -0.860. The lowest BCUT2D eigenvalue weighted by atomic mass is 9.96. The second-order valence-electron chi connectivity index (χ2n) is 5.93. The molecule has 0 aromatic heterocycles. The molecule has 0 aromatic rings. The lowest BCUT2D eigenvalue weighted by Crippen LogP contribution is -2.52. The summed E-state index contributed by atoms with van der Waals surface area (Å²) in [6, 6.07) is 1.20. The van der Waals surface area contributed by atoms with E-state index in [0.717, 1.165) is 19.1 Å². The molecule has 130 valence electrons. The summed E-state index contributed by atoms with van der Waals surface area (Å²) >= 11 is 0. The maximum atomic E-state index is 10.6. The fourth-order valence-corrected chi connectivity index (χ4v) is 2.76. The number of rotatable bonds is 2. The Bertz CT molecular complexity index is 337. The van der Waals surface area contributed by atoms with Gasteiger partial charge in [0.05, 0.1) is 13.2 Å². The van der Waals surface area contributed by atoms with Gasteiger partial charge in [0.15, 0.2) is 0 Å². The van der Waals surface area contributed by atoms with Crippen LogP contribution < -0.4 is 5.32 Å². The van der Waals surface area contributed by atoms with Crippen LogP contribution in [0.2, 0.25) is 0 Å². The molecule has 2 heterocycles. The van der Waals surface area contributed by atoms with Gasteiger partial charge in [0.2, 0.25) is 0 Å². The molecular formula is C14H25F3N2O3. The predicted molar refractivity (Wildman–Crippen MR) is 75.7 cm³/mol. The second kappa shape index (κ2) is 8.69. The topological polar surface area (TPSA) is 61.8 Å². The molecule has 0 aromatic carbocycles. The number of carboxylic acid groups (broad SMARTS) is 1. The van der Waals surface area contributed by atoms with Gasteiger partial charge in [-0.1, -0.05) is 0 Å². The molecule has 8 heteroatoms. The molecule has 2 fully saturated rings. The largest absolute Gasteiger partial charge is 0.490 e. The van der Waals surface area contributed by atoms with Gasteiger partial charge >= 0.3 is 12.1 Å². The molecule has 0 radical (unpaired) electrons. The number of ether oxygens (including phenoxy) is 1. The maximum Gasteiger partial charge on any atom is 0.490 e. The van der Waals surface area contributed by atoms with Crippen LogP contribution in [0.4, 0.5) is 13.2 Å². The molecule has 2 rings (SSSR count). The highest BCUT2D eigenvalue weighted by Gasteiger charge is 2.38. The quantitative estimate of drug-likeness (QED) is 0.809. The van der Waals surface area contributed by atoms with Crippen molar-refractivity contribution in [3.8, 4) is 0 Å². The first-order valence-electron chi connectivity index (χ1n) is 7.56. The average molecular weight is 326 g/mol. The SMILES string of the molecule is CC1COCC(C)N1CC1CCNCC1.O=C(O)C(F)(F)F. The Morgan fingerprint density at radius 3 is 2.09 bits per heavy atom. The molecule has 5 nitrogen and oxygen atoms in total. The van der Waals surface area contributed by atoms with Gasteiger partial charge < -0.3 is 15.2 Å². The van der Waals surface area contributed by atoms with E-state index in [9.17, 15) is 13.2 Å². The molecule has 22 heavy (non-hydrogen) atoms. The number of piperidine rings is 1. The zero-order valence-electron chi connectivity index (χ0n) is 13.0. The standard InChI is InChI=1S/C12H24N2O.C2HF3O2/c1-10-8-15-9-11(2)14(10)7-12-3-5-13-6-4-12;3-2(4,5)1(6)7/h10-13H,3-9H2,1-2H3;(H,6,7). The minimum atomic E-state index is -5.08. The van der Waals surface area contributed by atoms with E-state index in [-0.39, 0.29) is 0 Å². The molecular weight excluding hydrogens is 301 g/mol. The van der Waals surface area contributed by atoms with Gasteiger partial charge in [-0.15, -0.1) is 0 Å². The number of carbonyl (C=O) groups is 1. The maximum absolute atomic E-state index is 10.6. The number of carboxylic acids is 1. The molecule has 0 bridgehead atoms. The molecule has 0 spiro atoms. The molecule has 2 aliphatic rings. The van der Waals surface area contributed by atoms with Crippen LogP contribution in [0.3, 0.4) is 0 Å². The summed E-state index contributed by atoms with van der Waals surface area (Å²) in [7, 11) is 0. The summed E-state index contributed by atoms with van der Waals surface area (Å²) in [6.45, 7) is 10.1. The van der Waals surface area contributed by atoms with Crippen molar-refractivity contribution in [2.75, 3.05) is 32.8 Å². The number of hydrogen-bond acceptors (Lipinski definition) is 4. The van der Waals surface area contributed by atoms with E-state index in [1.165, 1.54) is 32.5 Å². The molecule has 0 aliphatic carbocycles. The zero-order valence-corrected chi connectivity index (χ0v) is 13.0. The predicted octanol–water partition coefficient (Wildman–Crippen LogP) is 1.73. The summed E-state index contributed by atoms with van der Waals surface area (Å²) in [5.41, 5.74) is 0. The van der Waals surface area contributed by atoms with E-state index >= 15 is 0 Å². The van der Waals surface area contributed by atoms with Gasteiger partial charge in [-0.2, -0.15) is 13.2 Å². The fraction of sp³-hybridized carbons (Fsp3) is 0.929. The van der Waals surface area contributed by atoms with Crippen molar-refractivity contribution in [1.29, 1.82) is 0 Å². The van der Waals surface area contributed by atoms with Crippen LogP contribution >= 0.6 is 0 Å². The summed E-state index contributed by atoms with van der Waals surface area (Å²) in [5, 5.41) is 10.6. The Kier molecular flexibility index (Phi) is 7.58. The van der Waals surface area contributed by atoms with Crippen LogP contribution in [0.1, 0.15) is 26.7 Å². The molecule has 2 unspecified atom stereocenters. The van der Waals surface area contributed by atoms with Crippen LogP contribution in [0.15, 0.2) is 0 Å². The zero-order chi connectivity index (χ0) is 16.8. The molecule has 0 saturated carbocycles. The minimum absolute atomic E-state index is 0.601. The van der Waals surface area contributed by atoms with Crippen LogP contribution in [0.25, 0.3) is 0 Å². The highest BCUT2D eigenvalue weighted by atomic mass is 19.4. The van der Waals surface area contributed by atoms with E-state index in [1.807, 2.05) is 0 Å². The third kappa shape index (κ3) is 6.50. The number of morpholine rings is 1. The summed E-state index contributed by atoms with van der Waals surface area (Å²) in [4.78, 5) is 11.5. The summed E-state index contributed by atoms with van der Waals surface area (Å²) in [6.07, 6.45) is -2.40. The third-order valence-corrected chi connectivity index (χ3v) is 4.02. The summed E-state index contributed by atoms with van der Waals surface area (Å²) < 4.78 is 37.3. The Balaban J connectivity index is 0.000000295. The molecule has 2 atom stereocenters. The first-order chi connectivity index (χ1) is 10.2. The first-order valence-corrected chi connectivity index (χ1v) is 7.56. The van der Waals surface area contributed by atoms with Crippen molar-refractivity contribution < 1.29 is 27.8 Å². The van der Waals surface area contributed by atoms with Gasteiger partial charge in [0, 0.05) is 18.6 Å². The lowest BCUT2D eigenvalue weighted by molar-refractivity contribution is -0.192. The van der Waals surface area contributed by atoms with E-state index in [1.54, 1.807) is 0 Å². The van der Waals surface area contributed by atoms with Crippen molar-refractivity contribution in [3.05, 3.63) is 0 Å². The number of nitrogens with one attached hydrogen (secondary N) is 1. The highest BCUT2D eigenvalue weighted by molar-refractivity contribution is 5.73. The minimum Gasteiger partial charge on any atom is -0.475 e. The van der Waals surface area contributed by atoms with E-state index < -0.39 is 12.1 Å². The fourth-order valence-electron chi connectivity index (χ4n) is 2.76. The van der Waals surface area contributed by atoms with Crippen LogP contribution in [0, 0.1) is 5.92 Å². The van der Waals surface area contributed by atoms with Crippen molar-refractivity contribution in [2.45, 2.75) is 44.9 Å². The highest BCUT2D eigenvalue weighted by Crippen LogP contribution is 2.19. The number of aliphatic carboxylic acids is 1. The number of alkyl halides is 3. The van der Waals surface area contributed by atoms with Crippen LogP contribution in [0.5, 0.6) is 0 Å². The summed E-state index contributed by atoms with van der Waals surface area (Å²) in [5.74, 6) is -1.86. The molecule has 2 aliphatic heterocycles. The first kappa shape index (κ1) is 19.2. The van der Waals surface area contributed by atoms with Gasteiger partial charge in [-0.25, -0.2) is 4.79 Å². The van der Waals surface area contributed by atoms with Gasteiger partial charge in [0.1, 0.15) is 0 Å². The Morgan fingerprint density at radius 2 is 1.68 bits per heavy atom. The smallest absolute Gasteiger partial charge is 0.475 e. The van der Waals surface area contributed by atoms with Crippen molar-refractivity contribution in [2.24, 2.45) is 5.92 Å². The van der Waals surface area contributed by atoms with Crippen molar-refractivity contribution in [1.82, 2.24) is 10.2 Å². The normalized spacial score (nSPS) is 27.9. The Morgan fingerprint density at radius 1 is 1.23 bits per heavy atom. The number of hydrogen-bond donors (Lipinski definition) is 2. The van der Waals surface area contributed by atoms with Crippen molar-refractivity contribution >= 4 is 5.97 Å². The Labute approximate surface area is 128 Å². The van der Waals surface area contributed by atoms with Gasteiger partial charge in [-0.05, 0) is 45.7 Å². The second-order valence-corrected chi connectivity index (χ2v) is 5.93. The molecule has 2 saturated heterocycles. The van der Waals surface area contributed by atoms with Crippen LogP contribution in [-0.4, -0.2) is 67.1 Å². The van der Waals surface area contributed by atoms with E-state index in [0.29, 0.717) is 12.1 Å². The van der Waals surface area contributed by atoms with E-state index in [2.05, 4.69) is 24.1 Å². The number of halogens is 3. The van der Waals surface area contributed by atoms with E-state index in [4.69, 9.17) is 14.6 Å². The van der Waals surface area contributed by atoms with Gasteiger partial charge in [0.25, 0.3) is 0 Å². The molecule has 0 amide bonds. The molecule has 2 N–H and O–H groups in total. The average Bonchev–Trinajstić information content (AvgIpc) is 2.44. The monoisotopic (exact) mass is 326 g/mol. The third-order valence-electron chi connectivity index (χ3n) is 4.02. The lowest BCUT2D eigenvalue weighted by Gasteiger charge is -2.41. The number of nitrogens with zero attached hydrogens (tertiary/aromatic N) is 1. The van der Waals surface area contributed by atoms with Crippen molar-refractivity contribution in [3.63, 3.8) is 0 Å².